The number of nitrogens with one attached hydrogen (secondary N) is 1. The van der Waals surface area contributed by atoms with E-state index < -0.39 is 0 Å². The number of benzene rings is 1. The molecule has 1 aromatic carbocycles. The Balaban J connectivity index is 1.74. The average Bonchev–Trinajstić information content (AvgIpc) is 3.03. The van der Waals surface area contributed by atoms with Crippen molar-refractivity contribution in [1.82, 2.24) is 9.97 Å². The van der Waals surface area contributed by atoms with Crippen molar-refractivity contribution in [1.29, 1.82) is 0 Å². The predicted molar refractivity (Wildman–Crippen MR) is 78.2 cm³/mol. The first-order valence-electron chi connectivity index (χ1n) is 6.49. The van der Waals surface area contributed by atoms with Crippen molar-refractivity contribution in [3.05, 3.63) is 66.9 Å². The summed E-state index contributed by atoms with van der Waals surface area (Å²) in [5.74, 6) is 0.729. The number of hydrogen-bond acceptors (Lipinski definition) is 4. The molecule has 2 heterocycles. The van der Waals surface area contributed by atoms with E-state index in [1.165, 1.54) is 0 Å². The summed E-state index contributed by atoms with van der Waals surface area (Å²) < 4.78 is 5.08. The lowest BCUT2D eigenvalue weighted by Gasteiger charge is -2.12. The van der Waals surface area contributed by atoms with Gasteiger partial charge in [-0.15, -0.1) is 0 Å². The van der Waals surface area contributed by atoms with Crippen LogP contribution in [-0.4, -0.2) is 9.97 Å². The Morgan fingerprint density at radius 2 is 1.80 bits per heavy atom. The summed E-state index contributed by atoms with van der Waals surface area (Å²) in [5, 5.41) is 3.34. The Bertz CT molecular complexity index is 648. The normalized spacial score (nSPS) is 12.1. The Morgan fingerprint density at radius 3 is 2.45 bits per heavy atom. The largest absolute Gasteiger partial charge is 0.472 e. The molecule has 0 fully saturated rings. The number of hydrogen-bond donors (Lipinski definition) is 1. The van der Waals surface area contributed by atoms with E-state index in [1.807, 2.05) is 36.4 Å². The number of aromatic nitrogens is 2. The summed E-state index contributed by atoms with van der Waals surface area (Å²) in [6.45, 7) is 2.07. The van der Waals surface area contributed by atoms with Crippen LogP contribution < -0.4 is 5.32 Å². The molecule has 1 unspecified atom stereocenters. The van der Waals surface area contributed by atoms with Gasteiger partial charge in [0.1, 0.15) is 0 Å². The fourth-order valence-corrected chi connectivity index (χ4v) is 1.99. The molecular formula is C16H15N3O. The zero-order chi connectivity index (χ0) is 13.8. The molecule has 0 spiro atoms. The number of furan rings is 1. The third-order valence-electron chi connectivity index (χ3n) is 3.11. The molecule has 20 heavy (non-hydrogen) atoms. The van der Waals surface area contributed by atoms with Gasteiger partial charge in [0.25, 0.3) is 0 Å². The maximum absolute atomic E-state index is 5.08. The van der Waals surface area contributed by atoms with Gasteiger partial charge in [-0.25, -0.2) is 9.97 Å². The summed E-state index contributed by atoms with van der Waals surface area (Å²) in [5.41, 5.74) is 3.00. The molecule has 1 N–H and O–H groups in total. The van der Waals surface area contributed by atoms with Crippen LogP contribution in [0.3, 0.4) is 0 Å². The van der Waals surface area contributed by atoms with E-state index in [0.717, 1.165) is 22.6 Å². The van der Waals surface area contributed by atoms with Gasteiger partial charge in [-0.05, 0) is 13.0 Å². The highest BCUT2D eigenvalue weighted by atomic mass is 16.3. The Kier molecular flexibility index (Phi) is 3.46. The number of rotatable bonds is 4. The van der Waals surface area contributed by atoms with Crippen LogP contribution in [0.2, 0.25) is 0 Å². The Hall–Kier alpha value is -2.62. The second-order valence-corrected chi connectivity index (χ2v) is 4.58. The molecule has 0 bridgehead atoms. The maximum atomic E-state index is 5.08. The van der Waals surface area contributed by atoms with Crippen LogP contribution in [0.25, 0.3) is 11.4 Å². The molecule has 3 aromatic rings. The highest BCUT2D eigenvalue weighted by Gasteiger charge is 2.07. The van der Waals surface area contributed by atoms with E-state index in [4.69, 9.17) is 4.42 Å². The first-order valence-corrected chi connectivity index (χ1v) is 6.49. The number of nitrogens with zero attached hydrogens (tertiary/aromatic N) is 2. The van der Waals surface area contributed by atoms with Crippen LogP contribution in [-0.2, 0) is 0 Å². The van der Waals surface area contributed by atoms with Gasteiger partial charge in [-0.3, -0.25) is 0 Å². The third kappa shape index (κ3) is 2.69. The highest BCUT2D eigenvalue weighted by Crippen LogP contribution is 2.20. The van der Waals surface area contributed by atoms with Crippen molar-refractivity contribution in [3.63, 3.8) is 0 Å². The van der Waals surface area contributed by atoms with Crippen molar-refractivity contribution < 1.29 is 4.42 Å². The minimum atomic E-state index is 0.153. The first kappa shape index (κ1) is 12.4. The van der Waals surface area contributed by atoms with Crippen molar-refractivity contribution >= 4 is 5.69 Å². The van der Waals surface area contributed by atoms with Crippen LogP contribution in [0, 0.1) is 0 Å². The molecule has 0 aliphatic rings. The van der Waals surface area contributed by atoms with Gasteiger partial charge in [0.05, 0.1) is 36.6 Å². The third-order valence-corrected chi connectivity index (χ3v) is 3.11. The minimum absolute atomic E-state index is 0.153. The molecule has 0 amide bonds. The van der Waals surface area contributed by atoms with Crippen LogP contribution in [0.15, 0.2) is 65.7 Å². The van der Waals surface area contributed by atoms with E-state index in [2.05, 4.69) is 22.2 Å². The lowest BCUT2D eigenvalue weighted by atomic mass is 10.2. The van der Waals surface area contributed by atoms with Gasteiger partial charge in [0.15, 0.2) is 5.82 Å². The summed E-state index contributed by atoms with van der Waals surface area (Å²) in [6.07, 6.45) is 7.00. The van der Waals surface area contributed by atoms with Crippen LogP contribution in [0.1, 0.15) is 18.5 Å². The summed E-state index contributed by atoms with van der Waals surface area (Å²) in [4.78, 5) is 8.77. The Morgan fingerprint density at radius 1 is 1.05 bits per heavy atom. The summed E-state index contributed by atoms with van der Waals surface area (Å²) in [6, 6.07) is 12.0. The topological polar surface area (TPSA) is 51.0 Å². The van der Waals surface area contributed by atoms with Gasteiger partial charge in [-0.2, -0.15) is 0 Å². The quantitative estimate of drug-likeness (QED) is 0.777. The smallest absolute Gasteiger partial charge is 0.159 e. The van der Waals surface area contributed by atoms with E-state index in [9.17, 15) is 0 Å². The van der Waals surface area contributed by atoms with Crippen LogP contribution in [0.4, 0.5) is 5.69 Å². The highest BCUT2D eigenvalue weighted by molar-refractivity contribution is 5.55. The minimum Gasteiger partial charge on any atom is -0.472 e. The van der Waals surface area contributed by atoms with Crippen molar-refractivity contribution in [2.45, 2.75) is 13.0 Å². The van der Waals surface area contributed by atoms with Gasteiger partial charge >= 0.3 is 0 Å². The molecule has 0 aliphatic carbocycles. The monoisotopic (exact) mass is 265 g/mol. The fourth-order valence-electron chi connectivity index (χ4n) is 1.99. The first-order chi connectivity index (χ1) is 9.83. The average molecular weight is 265 g/mol. The lowest BCUT2D eigenvalue weighted by Crippen LogP contribution is -2.06. The summed E-state index contributed by atoms with van der Waals surface area (Å²) >= 11 is 0. The van der Waals surface area contributed by atoms with Gasteiger partial charge in [-0.1, -0.05) is 30.3 Å². The molecular weight excluding hydrogens is 250 g/mol. The SMILES string of the molecule is CC(Nc1cnc(-c2ccccc2)nc1)c1ccoc1. The molecule has 1 atom stereocenters. The van der Waals surface area contributed by atoms with Gasteiger partial charge in [0, 0.05) is 11.1 Å². The van der Waals surface area contributed by atoms with Crippen molar-refractivity contribution in [3.8, 4) is 11.4 Å². The molecule has 100 valence electrons. The standard InChI is InChI=1S/C16H15N3O/c1-12(14-7-8-20-11-14)19-15-9-17-16(18-10-15)13-5-3-2-4-6-13/h2-12,19H,1H3. The second kappa shape index (κ2) is 5.57. The number of anilines is 1. The summed E-state index contributed by atoms with van der Waals surface area (Å²) in [7, 11) is 0. The fraction of sp³-hybridized carbons (Fsp3) is 0.125. The van der Waals surface area contributed by atoms with Crippen molar-refractivity contribution in [2.75, 3.05) is 5.32 Å². The van der Waals surface area contributed by atoms with E-state index in [-0.39, 0.29) is 6.04 Å². The molecule has 4 nitrogen and oxygen atoms in total. The molecule has 0 saturated heterocycles. The van der Waals surface area contributed by atoms with E-state index in [1.54, 1.807) is 24.9 Å². The molecule has 3 rings (SSSR count). The molecule has 0 aliphatic heterocycles. The zero-order valence-corrected chi connectivity index (χ0v) is 11.2. The molecule has 2 aromatic heterocycles. The van der Waals surface area contributed by atoms with Crippen LogP contribution in [0.5, 0.6) is 0 Å². The molecule has 4 heteroatoms. The lowest BCUT2D eigenvalue weighted by molar-refractivity contribution is 0.562. The second-order valence-electron chi connectivity index (χ2n) is 4.58. The Labute approximate surface area is 117 Å². The molecule has 0 radical (unpaired) electrons. The van der Waals surface area contributed by atoms with Gasteiger partial charge < -0.3 is 9.73 Å². The zero-order valence-electron chi connectivity index (χ0n) is 11.2. The van der Waals surface area contributed by atoms with Gasteiger partial charge in [0.2, 0.25) is 0 Å². The van der Waals surface area contributed by atoms with Crippen LogP contribution >= 0.6 is 0 Å². The predicted octanol–water partition coefficient (Wildman–Crippen LogP) is 3.91. The van der Waals surface area contributed by atoms with E-state index >= 15 is 0 Å². The maximum Gasteiger partial charge on any atom is 0.159 e. The molecule has 0 saturated carbocycles. The van der Waals surface area contributed by atoms with Crippen molar-refractivity contribution in [2.24, 2.45) is 0 Å². The van der Waals surface area contributed by atoms with E-state index in [0.29, 0.717) is 0 Å².